The Bertz CT molecular complexity index is 695. The fraction of sp³-hybridized carbons (Fsp3) is 0.250. The van der Waals surface area contributed by atoms with Crippen LogP contribution in [0.15, 0.2) is 34.8 Å². The van der Waals surface area contributed by atoms with E-state index in [0.29, 0.717) is 5.69 Å². The number of benzene rings is 1. The third-order valence-electron chi connectivity index (χ3n) is 2.57. The van der Waals surface area contributed by atoms with Crippen molar-refractivity contribution in [3.8, 4) is 5.69 Å². The SMILES string of the molecule is COS(=O)(=O)Cc1cc(C)n(-c2cccc(Br)c2)n1. The van der Waals surface area contributed by atoms with E-state index in [0.717, 1.165) is 23.0 Å². The quantitative estimate of drug-likeness (QED) is 0.799. The molecule has 19 heavy (non-hydrogen) atoms. The van der Waals surface area contributed by atoms with E-state index in [2.05, 4.69) is 25.2 Å². The van der Waals surface area contributed by atoms with Gasteiger partial charge < -0.3 is 0 Å². The second-order valence-electron chi connectivity index (χ2n) is 4.04. The van der Waals surface area contributed by atoms with E-state index in [1.54, 1.807) is 10.7 Å². The van der Waals surface area contributed by atoms with E-state index in [1.807, 2.05) is 31.2 Å². The molecule has 0 fully saturated rings. The van der Waals surface area contributed by atoms with Crippen molar-refractivity contribution in [3.05, 3.63) is 46.2 Å². The molecule has 102 valence electrons. The molecule has 0 bridgehead atoms. The summed E-state index contributed by atoms with van der Waals surface area (Å²) in [7, 11) is -2.41. The van der Waals surface area contributed by atoms with Gasteiger partial charge in [0.1, 0.15) is 5.75 Å². The fourth-order valence-corrected chi connectivity index (χ4v) is 2.73. The van der Waals surface area contributed by atoms with Gasteiger partial charge in [-0.05, 0) is 31.2 Å². The fourth-order valence-electron chi connectivity index (χ4n) is 1.72. The molecule has 1 aromatic carbocycles. The van der Waals surface area contributed by atoms with Gasteiger partial charge in [0.05, 0.1) is 18.5 Å². The van der Waals surface area contributed by atoms with Gasteiger partial charge in [-0.3, -0.25) is 4.18 Å². The van der Waals surface area contributed by atoms with Crippen LogP contribution in [-0.4, -0.2) is 25.3 Å². The molecule has 0 aliphatic rings. The van der Waals surface area contributed by atoms with E-state index in [9.17, 15) is 8.42 Å². The monoisotopic (exact) mass is 344 g/mol. The lowest BCUT2D eigenvalue weighted by molar-refractivity contribution is 0.396. The molecule has 0 saturated carbocycles. The van der Waals surface area contributed by atoms with Gasteiger partial charge in [0, 0.05) is 10.2 Å². The molecule has 0 atom stereocenters. The third kappa shape index (κ3) is 3.43. The number of aryl methyl sites for hydroxylation is 1. The molecule has 0 amide bonds. The second kappa shape index (κ2) is 5.44. The van der Waals surface area contributed by atoms with Crippen LogP contribution in [0.25, 0.3) is 5.69 Å². The predicted molar refractivity (Wildman–Crippen MR) is 75.6 cm³/mol. The van der Waals surface area contributed by atoms with Crippen LogP contribution in [0.4, 0.5) is 0 Å². The zero-order valence-electron chi connectivity index (χ0n) is 10.5. The summed E-state index contributed by atoms with van der Waals surface area (Å²) in [5.74, 6) is -0.231. The van der Waals surface area contributed by atoms with E-state index in [-0.39, 0.29) is 5.75 Å². The first-order valence-corrected chi connectivity index (χ1v) is 7.88. The summed E-state index contributed by atoms with van der Waals surface area (Å²) in [5.41, 5.74) is 2.19. The van der Waals surface area contributed by atoms with Crippen molar-refractivity contribution < 1.29 is 12.6 Å². The van der Waals surface area contributed by atoms with E-state index < -0.39 is 10.1 Å². The smallest absolute Gasteiger partial charge is 0.272 e. The van der Waals surface area contributed by atoms with Gasteiger partial charge in [-0.1, -0.05) is 22.0 Å². The Balaban J connectivity index is 2.37. The lowest BCUT2D eigenvalue weighted by Crippen LogP contribution is -2.07. The minimum absolute atomic E-state index is 0.231. The average Bonchev–Trinajstić information content (AvgIpc) is 2.69. The molecule has 1 heterocycles. The van der Waals surface area contributed by atoms with Crippen LogP contribution < -0.4 is 0 Å². The Morgan fingerprint density at radius 1 is 1.37 bits per heavy atom. The number of hydrogen-bond acceptors (Lipinski definition) is 4. The van der Waals surface area contributed by atoms with Crippen LogP contribution in [0.2, 0.25) is 0 Å². The molecule has 0 spiro atoms. The maximum absolute atomic E-state index is 11.4. The summed E-state index contributed by atoms with van der Waals surface area (Å²) in [6.45, 7) is 1.87. The topological polar surface area (TPSA) is 61.2 Å². The first-order chi connectivity index (χ1) is 8.91. The van der Waals surface area contributed by atoms with Crippen LogP contribution in [-0.2, 0) is 20.1 Å². The van der Waals surface area contributed by atoms with Crippen LogP contribution in [0.1, 0.15) is 11.4 Å². The Kier molecular flexibility index (Phi) is 4.07. The predicted octanol–water partition coefficient (Wildman–Crippen LogP) is 2.42. The van der Waals surface area contributed by atoms with E-state index in [1.165, 1.54) is 0 Å². The molecule has 0 unspecified atom stereocenters. The van der Waals surface area contributed by atoms with Gasteiger partial charge >= 0.3 is 0 Å². The van der Waals surface area contributed by atoms with Crippen LogP contribution in [0.5, 0.6) is 0 Å². The number of hydrogen-bond donors (Lipinski definition) is 0. The zero-order valence-corrected chi connectivity index (χ0v) is 12.9. The Morgan fingerprint density at radius 3 is 2.74 bits per heavy atom. The summed E-state index contributed by atoms with van der Waals surface area (Å²) in [6, 6.07) is 9.36. The van der Waals surface area contributed by atoms with Crippen molar-refractivity contribution in [1.82, 2.24) is 9.78 Å². The molecule has 0 radical (unpaired) electrons. The van der Waals surface area contributed by atoms with E-state index in [4.69, 9.17) is 0 Å². The van der Waals surface area contributed by atoms with Gasteiger partial charge in [0.2, 0.25) is 0 Å². The standard InChI is InChI=1S/C12H13BrN2O3S/c1-9-6-11(8-19(16,17)18-2)14-15(9)12-5-3-4-10(13)7-12/h3-7H,8H2,1-2H3. The summed E-state index contributed by atoms with van der Waals surface area (Å²) < 4.78 is 29.9. The van der Waals surface area contributed by atoms with E-state index >= 15 is 0 Å². The summed E-state index contributed by atoms with van der Waals surface area (Å²) in [5, 5.41) is 4.29. The summed E-state index contributed by atoms with van der Waals surface area (Å²) in [4.78, 5) is 0. The highest BCUT2D eigenvalue weighted by Crippen LogP contribution is 2.18. The Hall–Kier alpha value is -1.18. The third-order valence-corrected chi connectivity index (χ3v) is 4.22. The Morgan fingerprint density at radius 2 is 2.11 bits per heavy atom. The van der Waals surface area contributed by atoms with Crippen molar-refractivity contribution in [3.63, 3.8) is 0 Å². The van der Waals surface area contributed by atoms with Crippen LogP contribution in [0.3, 0.4) is 0 Å². The first-order valence-electron chi connectivity index (χ1n) is 5.51. The summed E-state index contributed by atoms with van der Waals surface area (Å²) >= 11 is 3.39. The molecule has 0 N–H and O–H groups in total. The molecule has 0 aliphatic carbocycles. The highest BCUT2D eigenvalue weighted by Gasteiger charge is 2.14. The molecule has 0 saturated heterocycles. The first kappa shape index (κ1) is 14.2. The molecule has 7 heteroatoms. The highest BCUT2D eigenvalue weighted by molar-refractivity contribution is 9.10. The normalized spacial score (nSPS) is 11.7. The van der Waals surface area contributed by atoms with Crippen LogP contribution in [0, 0.1) is 6.92 Å². The maximum Gasteiger partial charge on any atom is 0.272 e. The van der Waals surface area contributed by atoms with Crippen LogP contribution >= 0.6 is 15.9 Å². The number of nitrogens with zero attached hydrogens (tertiary/aromatic N) is 2. The molecule has 2 rings (SSSR count). The number of rotatable bonds is 4. The largest absolute Gasteiger partial charge is 0.273 e. The molecular weight excluding hydrogens is 332 g/mol. The minimum Gasteiger partial charge on any atom is -0.273 e. The lowest BCUT2D eigenvalue weighted by Gasteiger charge is -2.04. The van der Waals surface area contributed by atoms with Gasteiger partial charge in [-0.15, -0.1) is 0 Å². The molecule has 2 aromatic rings. The zero-order chi connectivity index (χ0) is 14.0. The maximum atomic E-state index is 11.4. The highest BCUT2D eigenvalue weighted by atomic mass is 79.9. The molecule has 0 aliphatic heterocycles. The molecular formula is C12H13BrN2O3S. The average molecular weight is 345 g/mol. The van der Waals surface area contributed by atoms with Gasteiger partial charge in [-0.25, -0.2) is 4.68 Å². The van der Waals surface area contributed by atoms with Crippen molar-refractivity contribution in [2.45, 2.75) is 12.7 Å². The van der Waals surface area contributed by atoms with Crippen molar-refractivity contribution in [1.29, 1.82) is 0 Å². The van der Waals surface area contributed by atoms with Crippen molar-refractivity contribution in [2.24, 2.45) is 0 Å². The number of halogens is 1. The number of aromatic nitrogens is 2. The van der Waals surface area contributed by atoms with Gasteiger partial charge in [-0.2, -0.15) is 13.5 Å². The van der Waals surface area contributed by atoms with Gasteiger partial charge in [0.15, 0.2) is 0 Å². The summed E-state index contributed by atoms with van der Waals surface area (Å²) in [6.07, 6.45) is 0. The van der Waals surface area contributed by atoms with Gasteiger partial charge in [0.25, 0.3) is 10.1 Å². The molecule has 5 nitrogen and oxygen atoms in total. The second-order valence-corrected chi connectivity index (χ2v) is 6.69. The Labute approximate surface area is 120 Å². The molecule has 1 aromatic heterocycles. The van der Waals surface area contributed by atoms with Crippen molar-refractivity contribution in [2.75, 3.05) is 7.11 Å². The minimum atomic E-state index is -3.55. The van der Waals surface area contributed by atoms with Crippen molar-refractivity contribution >= 4 is 26.0 Å². The lowest BCUT2D eigenvalue weighted by atomic mass is 10.3.